The maximum absolute atomic E-state index is 14.5. The molecule has 0 aliphatic carbocycles. The molecule has 0 atom stereocenters. The van der Waals surface area contributed by atoms with Gasteiger partial charge in [0.05, 0.1) is 47.8 Å². The van der Waals surface area contributed by atoms with Crippen LogP contribution in [0.1, 0.15) is 27.2 Å². The van der Waals surface area contributed by atoms with E-state index < -0.39 is 5.63 Å². The molecule has 1 aliphatic rings. The first kappa shape index (κ1) is 27.2. The number of fused-ring (bicyclic) bond motifs is 6. The number of hydrogen-bond acceptors (Lipinski definition) is 9. The predicted octanol–water partition coefficient (Wildman–Crippen LogP) is 4.74. The van der Waals surface area contributed by atoms with Gasteiger partial charge in [0, 0.05) is 40.1 Å². The van der Waals surface area contributed by atoms with Crippen LogP contribution in [-0.4, -0.2) is 51.0 Å². The summed E-state index contributed by atoms with van der Waals surface area (Å²) >= 11 is 0. The van der Waals surface area contributed by atoms with Crippen LogP contribution in [0.3, 0.4) is 0 Å². The number of nitrogens with zero attached hydrogens (tertiary/aromatic N) is 1. The van der Waals surface area contributed by atoms with Crippen molar-refractivity contribution >= 4 is 27.7 Å². The summed E-state index contributed by atoms with van der Waals surface area (Å²) in [7, 11) is 7.60. The zero-order valence-electron chi connectivity index (χ0n) is 23.8. The Morgan fingerprint density at radius 1 is 0.810 bits per heavy atom. The van der Waals surface area contributed by atoms with E-state index in [1.165, 1.54) is 28.4 Å². The minimum atomic E-state index is -0.595. The highest BCUT2D eigenvalue weighted by Crippen LogP contribution is 2.44. The van der Waals surface area contributed by atoms with E-state index in [0.29, 0.717) is 80.4 Å². The highest BCUT2D eigenvalue weighted by atomic mass is 16.5. The third-order valence-corrected chi connectivity index (χ3v) is 7.83. The second-order valence-corrected chi connectivity index (χ2v) is 9.82. The van der Waals surface area contributed by atoms with Crippen LogP contribution in [-0.2, 0) is 19.6 Å². The number of carbonyl (C=O) groups is 1. The van der Waals surface area contributed by atoms with Crippen LogP contribution >= 0.6 is 0 Å². The van der Waals surface area contributed by atoms with Gasteiger partial charge in [0.1, 0.15) is 16.8 Å². The summed E-state index contributed by atoms with van der Waals surface area (Å²) in [5, 5.41) is 11.2. The zero-order valence-corrected chi connectivity index (χ0v) is 23.8. The van der Waals surface area contributed by atoms with Crippen molar-refractivity contribution in [3.8, 4) is 39.9 Å². The molecule has 1 N–H and O–H groups in total. The Morgan fingerprint density at radius 2 is 1.45 bits per heavy atom. The molecule has 0 radical (unpaired) electrons. The first-order valence-electron chi connectivity index (χ1n) is 13.2. The Labute approximate surface area is 240 Å². The van der Waals surface area contributed by atoms with Gasteiger partial charge in [0.25, 0.3) is 0 Å². The maximum atomic E-state index is 14.5. The van der Waals surface area contributed by atoms with E-state index in [0.717, 1.165) is 5.56 Å². The molecule has 10 heteroatoms. The summed E-state index contributed by atoms with van der Waals surface area (Å²) in [6.07, 6.45) is 0.450. The number of ketones is 1. The van der Waals surface area contributed by atoms with Crippen LogP contribution in [0.25, 0.3) is 33.0 Å². The fraction of sp³-hybridized carbons (Fsp3) is 0.250. The SMILES string of the molecule is COc1ccc(-c2c3n(c4c(=O)oc5cc(OC)c(OC)cc5c24)CCc2cc(OC)c(OC)cc2C3=O)cc1CO. The van der Waals surface area contributed by atoms with Crippen molar-refractivity contribution in [3.63, 3.8) is 0 Å². The van der Waals surface area contributed by atoms with Crippen molar-refractivity contribution in [3.05, 3.63) is 75.3 Å². The van der Waals surface area contributed by atoms with Gasteiger partial charge in [-0.15, -0.1) is 0 Å². The minimum absolute atomic E-state index is 0.251. The molecular weight excluding hydrogens is 542 g/mol. The fourth-order valence-electron chi connectivity index (χ4n) is 5.88. The van der Waals surface area contributed by atoms with Gasteiger partial charge in [0.15, 0.2) is 23.0 Å². The molecule has 0 spiro atoms. The Kier molecular flexibility index (Phi) is 6.78. The fourth-order valence-corrected chi connectivity index (χ4v) is 5.88. The summed E-state index contributed by atoms with van der Waals surface area (Å²) in [5.74, 6) is 1.98. The van der Waals surface area contributed by atoms with Crippen LogP contribution < -0.4 is 29.3 Å². The molecule has 5 aromatic rings. The van der Waals surface area contributed by atoms with Gasteiger partial charge >= 0.3 is 5.63 Å². The standard InChI is InChI=1S/C32H29NO9/c1-37-21-7-6-17(10-18(21)15-34)27-28-20-13-25(40-4)26(41-5)14-22(20)42-32(36)30(28)33-9-8-16-11-23(38-2)24(39-3)12-19(16)31(35)29(27)33/h6-7,10-14,34H,8-9,15H2,1-5H3. The Hall–Kier alpha value is -4.96. The number of aliphatic hydroxyl groups excluding tert-OH is 1. The summed E-state index contributed by atoms with van der Waals surface area (Å²) in [6, 6.07) is 12.1. The molecule has 3 aromatic carbocycles. The molecule has 0 saturated carbocycles. The van der Waals surface area contributed by atoms with Crippen LogP contribution in [0, 0.1) is 0 Å². The van der Waals surface area contributed by atoms with E-state index in [2.05, 4.69) is 0 Å². The normalized spacial score (nSPS) is 12.6. The lowest BCUT2D eigenvalue weighted by atomic mass is 9.93. The third kappa shape index (κ3) is 3.98. The first-order valence-corrected chi connectivity index (χ1v) is 13.2. The number of aromatic nitrogens is 1. The molecule has 216 valence electrons. The van der Waals surface area contributed by atoms with Crippen LogP contribution in [0.15, 0.2) is 51.7 Å². The molecular formula is C32H29NO9. The largest absolute Gasteiger partial charge is 0.496 e. The second-order valence-electron chi connectivity index (χ2n) is 9.82. The molecule has 6 rings (SSSR count). The van der Waals surface area contributed by atoms with Gasteiger partial charge in [0.2, 0.25) is 5.78 Å². The van der Waals surface area contributed by atoms with Crippen molar-refractivity contribution in [2.45, 2.75) is 19.6 Å². The van der Waals surface area contributed by atoms with Gasteiger partial charge < -0.3 is 37.8 Å². The lowest BCUT2D eigenvalue weighted by Gasteiger charge is -2.14. The number of carbonyl (C=O) groups excluding carboxylic acids is 1. The molecule has 0 amide bonds. The molecule has 2 aromatic heterocycles. The first-order chi connectivity index (χ1) is 20.4. The van der Waals surface area contributed by atoms with E-state index >= 15 is 0 Å². The highest BCUT2D eigenvalue weighted by Gasteiger charge is 2.33. The summed E-state index contributed by atoms with van der Waals surface area (Å²) in [4.78, 5) is 28.2. The Bertz CT molecular complexity index is 1950. The van der Waals surface area contributed by atoms with Crippen molar-refractivity contribution in [2.75, 3.05) is 35.5 Å². The quantitative estimate of drug-likeness (QED) is 0.276. The van der Waals surface area contributed by atoms with Crippen LogP contribution in [0.2, 0.25) is 0 Å². The van der Waals surface area contributed by atoms with E-state index in [4.69, 9.17) is 28.1 Å². The lowest BCUT2D eigenvalue weighted by Crippen LogP contribution is -2.12. The smallest absolute Gasteiger partial charge is 0.361 e. The van der Waals surface area contributed by atoms with Crippen molar-refractivity contribution in [1.82, 2.24) is 4.57 Å². The summed E-state index contributed by atoms with van der Waals surface area (Å²) in [6.45, 7) is 0.0410. The number of methoxy groups -OCH3 is 5. The van der Waals surface area contributed by atoms with Crippen LogP contribution in [0.5, 0.6) is 28.7 Å². The Balaban J connectivity index is 1.78. The molecule has 1 aliphatic heterocycles. The van der Waals surface area contributed by atoms with Crippen molar-refractivity contribution in [2.24, 2.45) is 0 Å². The summed E-state index contributed by atoms with van der Waals surface area (Å²) in [5.41, 5.74) is 3.15. The molecule has 10 nitrogen and oxygen atoms in total. The average molecular weight is 572 g/mol. The van der Waals surface area contributed by atoms with Gasteiger partial charge in [-0.3, -0.25) is 4.79 Å². The topological polar surface area (TPSA) is 119 Å². The number of rotatable bonds is 7. The number of hydrogen-bond donors (Lipinski definition) is 1. The molecule has 0 fully saturated rings. The van der Waals surface area contributed by atoms with Gasteiger partial charge in [-0.2, -0.15) is 0 Å². The number of aryl methyl sites for hydroxylation is 2. The summed E-state index contributed by atoms with van der Waals surface area (Å²) < 4.78 is 35.0. The molecule has 3 heterocycles. The third-order valence-electron chi connectivity index (χ3n) is 7.83. The van der Waals surface area contributed by atoms with E-state index in [-0.39, 0.29) is 23.5 Å². The van der Waals surface area contributed by atoms with E-state index in [1.54, 1.807) is 48.1 Å². The van der Waals surface area contributed by atoms with Crippen molar-refractivity contribution < 1.29 is 38.0 Å². The number of ether oxygens (including phenoxy) is 5. The average Bonchev–Trinajstić information content (AvgIpc) is 3.31. The van der Waals surface area contributed by atoms with E-state index in [9.17, 15) is 14.7 Å². The second kappa shape index (κ2) is 10.5. The molecule has 0 unspecified atom stereocenters. The van der Waals surface area contributed by atoms with Gasteiger partial charge in [-0.25, -0.2) is 4.79 Å². The van der Waals surface area contributed by atoms with Gasteiger partial charge in [-0.1, -0.05) is 6.07 Å². The Morgan fingerprint density at radius 3 is 2.12 bits per heavy atom. The van der Waals surface area contributed by atoms with E-state index in [1.807, 2.05) is 6.07 Å². The van der Waals surface area contributed by atoms with Crippen LogP contribution in [0.4, 0.5) is 0 Å². The monoisotopic (exact) mass is 571 g/mol. The van der Waals surface area contributed by atoms with Crippen molar-refractivity contribution in [1.29, 1.82) is 0 Å². The zero-order chi connectivity index (χ0) is 29.7. The van der Waals surface area contributed by atoms with Gasteiger partial charge in [-0.05, 0) is 47.9 Å². The lowest BCUT2D eigenvalue weighted by molar-refractivity contribution is 0.103. The molecule has 42 heavy (non-hydrogen) atoms. The molecule has 0 saturated heterocycles. The molecule has 0 bridgehead atoms. The minimum Gasteiger partial charge on any atom is -0.496 e. The number of benzene rings is 3. The predicted molar refractivity (Wildman–Crippen MR) is 156 cm³/mol. The highest BCUT2D eigenvalue weighted by molar-refractivity contribution is 6.23. The maximum Gasteiger partial charge on any atom is 0.361 e. The number of aliphatic hydroxyl groups is 1.